The van der Waals surface area contributed by atoms with Crippen molar-refractivity contribution in [2.75, 3.05) is 0 Å². The zero-order valence-corrected chi connectivity index (χ0v) is 10.0. The number of pyridine rings is 1. The summed E-state index contributed by atoms with van der Waals surface area (Å²) in [4.78, 5) is 19.7. The summed E-state index contributed by atoms with van der Waals surface area (Å²) in [5, 5.41) is 9.25. The maximum atomic E-state index is 11.3. The lowest BCUT2D eigenvalue weighted by atomic mass is 9.96. The van der Waals surface area contributed by atoms with Gasteiger partial charge in [0.1, 0.15) is 0 Å². The third kappa shape index (κ3) is 1.75. The summed E-state index contributed by atoms with van der Waals surface area (Å²) in [5.41, 5.74) is 1.17. The number of oxazole rings is 1. The van der Waals surface area contributed by atoms with Crippen LogP contribution in [0.2, 0.25) is 0 Å². The molecule has 0 amide bonds. The van der Waals surface area contributed by atoms with E-state index in [-0.39, 0.29) is 5.92 Å². The van der Waals surface area contributed by atoms with Crippen LogP contribution in [0.4, 0.5) is 0 Å². The molecule has 0 radical (unpaired) electrons. The van der Waals surface area contributed by atoms with E-state index in [1.807, 2.05) is 0 Å². The summed E-state index contributed by atoms with van der Waals surface area (Å²) in [7, 11) is 0. The van der Waals surface area contributed by atoms with Gasteiger partial charge in [-0.05, 0) is 30.9 Å². The highest BCUT2D eigenvalue weighted by Gasteiger charge is 2.40. The second-order valence-corrected chi connectivity index (χ2v) is 5.01. The highest BCUT2D eigenvalue weighted by Crippen LogP contribution is 2.43. The molecule has 0 bridgehead atoms. The Morgan fingerprint density at radius 1 is 1.50 bits per heavy atom. The van der Waals surface area contributed by atoms with Gasteiger partial charge in [0.25, 0.3) is 0 Å². The molecule has 2 aromatic heterocycles. The number of hydrogen-bond donors (Lipinski definition) is 1. The van der Waals surface area contributed by atoms with Crippen molar-refractivity contribution >= 4 is 17.2 Å². The average Bonchev–Trinajstić information content (AvgIpc) is 2.91. The molecule has 0 saturated heterocycles. The molecule has 2 heterocycles. The number of hydrogen-bond acceptors (Lipinski definition) is 4. The lowest BCUT2D eigenvalue weighted by Crippen LogP contribution is -2.17. The molecule has 1 saturated carbocycles. The summed E-state index contributed by atoms with van der Waals surface area (Å²) < 4.78 is 5.64. The molecular formula is C13H14N2O3. The van der Waals surface area contributed by atoms with Crippen molar-refractivity contribution in [1.29, 1.82) is 0 Å². The summed E-state index contributed by atoms with van der Waals surface area (Å²) >= 11 is 0. The van der Waals surface area contributed by atoms with E-state index in [1.54, 1.807) is 18.3 Å². The molecule has 3 atom stereocenters. The van der Waals surface area contributed by atoms with Gasteiger partial charge >= 0.3 is 5.97 Å². The van der Waals surface area contributed by atoms with Gasteiger partial charge in [0.05, 0.1) is 5.92 Å². The van der Waals surface area contributed by atoms with Gasteiger partial charge in [-0.15, -0.1) is 0 Å². The van der Waals surface area contributed by atoms with Crippen LogP contribution in [0.3, 0.4) is 0 Å². The SMILES string of the molecule is CC1CC(C(=O)O)C(c2nc3ncccc3o2)C1. The van der Waals surface area contributed by atoms with E-state index in [1.165, 1.54) is 0 Å². The highest BCUT2D eigenvalue weighted by atomic mass is 16.4. The van der Waals surface area contributed by atoms with Crippen molar-refractivity contribution in [1.82, 2.24) is 9.97 Å². The monoisotopic (exact) mass is 246 g/mol. The molecule has 5 nitrogen and oxygen atoms in total. The molecule has 0 aromatic carbocycles. The molecule has 2 aromatic rings. The predicted molar refractivity (Wildman–Crippen MR) is 64.1 cm³/mol. The number of fused-ring (bicyclic) bond motifs is 1. The maximum Gasteiger partial charge on any atom is 0.307 e. The van der Waals surface area contributed by atoms with Crippen LogP contribution in [0.25, 0.3) is 11.2 Å². The Morgan fingerprint density at radius 2 is 2.33 bits per heavy atom. The lowest BCUT2D eigenvalue weighted by molar-refractivity contribution is -0.142. The largest absolute Gasteiger partial charge is 0.481 e. The fraction of sp³-hybridized carbons (Fsp3) is 0.462. The lowest BCUT2D eigenvalue weighted by Gasteiger charge is -2.10. The van der Waals surface area contributed by atoms with Gasteiger partial charge in [0, 0.05) is 12.1 Å². The Bertz CT molecular complexity index is 560. The zero-order chi connectivity index (χ0) is 12.7. The van der Waals surface area contributed by atoms with Crippen LogP contribution >= 0.6 is 0 Å². The van der Waals surface area contributed by atoms with Crippen LogP contribution in [0.1, 0.15) is 31.6 Å². The molecule has 0 spiro atoms. The Labute approximate surface area is 104 Å². The van der Waals surface area contributed by atoms with E-state index in [0.29, 0.717) is 29.5 Å². The van der Waals surface area contributed by atoms with Crippen molar-refractivity contribution in [3.63, 3.8) is 0 Å². The van der Waals surface area contributed by atoms with Crippen molar-refractivity contribution in [3.8, 4) is 0 Å². The first-order valence-electron chi connectivity index (χ1n) is 6.09. The number of rotatable bonds is 2. The second kappa shape index (κ2) is 4.08. The van der Waals surface area contributed by atoms with Gasteiger partial charge in [0.15, 0.2) is 11.2 Å². The average molecular weight is 246 g/mol. The van der Waals surface area contributed by atoms with Crippen molar-refractivity contribution in [2.45, 2.75) is 25.7 Å². The number of carboxylic acids is 1. The topological polar surface area (TPSA) is 76.2 Å². The fourth-order valence-electron chi connectivity index (χ4n) is 2.78. The van der Waals surface area contributed by atoms with E-state index in [9.17, 15) is 9.90 Å². The first-order chi connectivity index (χ1) is 8.65. The summed E-state index contributed by atoms with van der Waals surface area (Å²) in [6.45, 7) is 2.07. The van der Waals surface area contributed by atoms with Crippen LogP contribution in [0, 0.1) is 11.8 Å². The molecular weight excluding hydrogens is 232 g/mol. The third-order valence-electron chi connectivity index (χ3n) is 3.61. The van der Waals surface area contributed by atoms with E-state index >= 15 is 0 Å². The third-order valence-corrected chi connectivity index (χ3v) is 3.61. The Hall–Kier alpha value is -1.91. The summed E-state index contributed by atoms with van der Waals surface area (Å²) in [5.74, 6) is -0.390. The standard InChI is InChI=1S/C13H14N2O3/c1-7-5-8(9(6-7)13(16)17)12-15-11-10(18-12)3-2-4-14-11/h2-4,7-9H,5-6H2,1H3,(H,16,17). The van der Waals surface area contributed by atoms with E-state index in [0.717, 1.165) is 6.42 Å². The summed E-state index contributed by atoms with van der Waals surface area (Å²) in [6, 6.07) is 3.58. The van der Waals surface area contributed by atoms with Crippen molar-refractivity contribution in [3.05, 3.63) is 24.2 Å². The van der Waals surface area contributed by atoms with E-state index in [4.69, 9.17) is 4.42 Å². The number of carbonyl (C=O) groups is 1. The zero-order valence-electron chi connectivity index (χ0n) is 10.0. The Kier molecular flexibility index (Phi) is 2.54. The van der Waals surface area contributed by atoms with E-state index in [2.05, 4.69) is 16.9 Å². The van der Waals surface area contributed by atoms with Gasteiger partial charge in [-0.2, -0.15) is 4.98 Å². The minimum Gasteiger partial charge on any atom is -0.481 e. The van der Waals surface area contributed by atoms with Crippen LogP contribution in [0.5, 0.6) is 0 Å². The van der Waals surface area contributed by atoms with E-state index < -0.39 is 11.9 Å². The van der Waals surface area contributed by atoms with Gasteiger partial charge in [-0.3, -0.25) is 4.79 Å². The first-order valence-corrected chi connectivity index (χ1v) is 6.09. The minimum atomic E-state index is -0.764. The minimum absolute atomic E-state index is 0.133. The van der Waals surface area contributed by atoms with Gasteiger partial charge in [-0.1, -0.05) is 6.92 Å². The smallest absolute Gasteiger partial charge is 0.307 e. The molecule has 94 valence electrons. The number of nitrogens with zero attached hydrogens (tertiary/aromatic N) is 2. The van der Waals surface area contributed by atoms with Crippen molar-refractivity contribution < 1.29 is 14.3 Å². The number of carboxylic acid groups (broad SMARTS) is 1. The first kappa shape index (κ1) is 11.2. The molecule has 18 heavy (non-hydrogen) atoms. The van der Waals surface area contributed by atoms with Gasteiger partial charge in [0.2, 0.25) is 5.89 Å². The van der Waals surface area contributed by atoms with Crippen molar-refractivity contribution in [2.24, 2.45) is 11.8 Å². The molecule has 0 aliphatic heterocycles. The van der Waals surface area contributed by atoms with Crippen LogP contribution in [0.15, 0.2) is 22.7 Å². The second-order valence-electron chi connectivity index (χ2n) is 5.01. The Balaban J connectivity index is 2.00. The molecule has 3 unspecified atom stereocenters. The number of aromatic nitrogens is 2. The maximum absolute atomic E-state index is 11.3. The van der Waals surface area contributed by atoms with Crippen LogP contribution in [-0.2, 0) is 4.79 Å². The Morgan fingerprint density at radius 3 is 3.06 bits per heavy atom. The molecule has 3 rings (SSSR count). The normalized spacial score (nSPS) is 27.7. The molecule has 1 aliphatic carbocycles. The molecule has 1 aliphatic rings. The summed E-state index contributed by atoms with van der Waals surface area (Å²) in [6.07, 6.45) is 3.15. The fourth-order valence-corrected chi connectivity index (χ4v) is 2.78. The molecule has 1 fully saturated rings. The highest BCUT2D eigenvalue weighted by molar-refractivity contribution is 5.72. The number of aliphatic carboxylic acids is 1. The molecule has 1 N–H and O–H groups in total. The molecule has 5 heteroatoms. The van der Waals surface area contributed by atoms with Gasteiger partial charge in [-0.25, -0.2) is 4.98 Å². The van der Waals surface area contributed by atoms with Crippen LogP contribution < -0.4 is 0 Å². The van der Waals surface area contributed by atoms with Crippen LogP contribution in [-0.4, -0.2) is 21.0 Å². The quantitative estimate of drug-likeness (QED) is 0.880. The van der Waals surface area contributed by atoms with Gasteiger partial charge < -0.3 is 9.52 Å². The predicted octanol–water partition coefficient (Wildman–Crippen LogP) is 2.44.